The third kappa shape index (κ3) is 5.14. The quantitative estimate of drug-likeness (QED) is 0.818. The third-order valence-electron chi connectivity index (χ3n) is 3.39. The zero-order chi connectivity index (χ0) is 16.7. The van der Waals surface area contributed by atoms with Crippen molar-refractivity contribution in [1.82, 2.24) is 0 Å². The van der Waals surface area contributed by atoms with Crippen LogP contribution in [0, 0.1) is 0 Å². The molecular weight excluding hydrogens is 308 g/mol. The summed E-state index contributed by atoms with van der Waals surface area (Å²) in [5.41, 5.74) is 7.49. The summed E-state index contributed by atoms with van der Waals surface area (Å²) in [5, 5.41) is 2.76. The van der Waals surface area contributed by atoms with Crippen LogP contribution in [0.5, 0.6) is 0 Å². The fourth-order valence-corrected chi connectivity index (χ4v) is 3.12. The number of primary amides is 1. The van der Waals surface area contributed by atoms with Crippen molar-refractivity contribution in [3.8, 4) is 0 Å². The topological polar surface area (TPSA) is 72.2 Å². The molecule has 23 heavy (non-hydrogen) atoms. The number of amides is 2. The van der Waals surface area contributed by atoms with Gasteiger partial charge in [-0.2, -0.15) is 0 Å². The van der Waals surface area contributed by atoms with Gasteiger partial charge in [-0.3, -0.25) is 9.59 Å². The minimum absolute atomic E-state index is 0.0275. The molecule has 0 fully saturated rings. The number of hydrogen-bond acceptors (Lipinski definition) is 3. The Balaban J connectivity index is 1.92. The highest BCUT2D eigenvalue weighted by Crippen LogP contribution is 2.22. The number of nitrogens with two attached hydrogens (primary N) is 1. The molecule has 0 bridgehead atoms. The van der Waals surface area contributed by atoms with E-state index in [1.165, 1.54) is 5.56 Å². The van der Waals surface area contributed by atoms with E-state index in [4.69, 9.17) is 5.73 Å². The van der Waals surface area contributed by atoms with Crippen molar-refractivity contribution in [1.29, 1.82) is 0 Å². The molecule has 2 aromatic carbocycles. The Kier molecular flexibility index (Phi) is 6.23. The van der Waals surface area contributed by atoms with Crippen molar-refractivity contribution in [3.05, 3.63) is 65.7 Å². The van der Waals surface area contributed by atoms with Gasteiger partial charge < -0.3 is 11.1 Å². The minimum atomic E-state index is -0.479. The standard InChI is InChI=1S/C18H20N2O2S/c1-2-16(23-12-13-6-4-3-5-7-13)18(22)20-15-10-8-14(9-11-15)17(19)21/h3-11,16H,2,12H2,1H3,(H2,19,21)(H,20,22). The Bertz CT molecular complexity index is 656. The monoisotopic (exact) mass is 328 g/mol. The Morgan fingerprint density at radius 2 is 1.74 bits per heavy atom. The molecule has 0 saturated carbocycles. The molecule has 5 heteroatoms. The molecule has 120 valence electrons. The Morgan fingerprint density at radius 1 is 1.09 bits per heavy atom. The second-order valence-corrected chi connectivity index (χ2v) is 6.32. The Hall–Kier alpha value is -2.27. The fraction of sp³-hybridized carbons (Fsp3) is 0.222. The number of benzene rings is 2. The second-order valence-electron chi connectivity index (χ2n) is 5.12. The van der Waals surface area contributed by atoms with Crippen molar-refractivity contribution < 1.29 is 9.59 Å². The zero-order valence-corrected chi connectivity index (χ0v) is 13.8. The van der Waals surface area contributed by atoms with Gasteiger partial charge in [0, 0.05) is 17.0 Å². The van der Waals surface area contributed by atoms with E-state index in [1.54, 1.807) is 36.0 Å². The van der Waals surface area contributed by atoms with Crippen LogP contribution in [0.25, 0.3) is 0 Å². The van der Waals surface area contributed by atoms with E-state index in [2.05, 4.69) is 17.4 Å². The molecule has 2 aromatic rings. The van der Waals surface area contributed by atoms with Gasteiger partial charge in [-0.05, 0) is 36.2 Å². The van der Waals surface area contributed by atoms with Crippen molar-refractivity contribution >= 4 is 29.3 Å². The van der Waals surface area contributed by atoms with E-state index in [1.807, 2.05) is 25.1 Å². The Labute approximate surface area is 140 Å². The lowest BCUT2D eigenvalue weighted by atomic mass is 10.2. The van der Waals surface area contributed by atoms with Crippen LogP contribution >= 0.6 is 11.8 Å². The maximum Gasteiger partial charge on any atom is 0.248 e. The summed E-state index contributed by atoms with van der Waals surface area (Å²) in [6, 6.07) is 16.7. The molecule has 0 aromatic heterocycles. The predicted octanol–water partition coefficient (Wildman–Crippen LogP) is 3.44. The first-order valence-corrected chi connectivity index (χ1v) is 8.51. The molecule has 0 aliphatic carbocycles. The summed E-state index contributed by atoms with van der Waals surface area (Å²) < 4.78 is 0. The average molecular weight is 328 g/mol. The van der Waals surface area contributed by atoms with Gasteiger partial charge in [-0.15, -0.1) is 11.8 Å². The van der Waals surface area contributed by atoms with Crippen LogP contribution in [-0.4, -0.2) is 17.1 Å². The van der Waals surface area contributed by atoms with Crippen molar-refractivity contribution in [3.63, 3.8) is 0 Å². The maximum atomic E-state index is 12.4. The molecule has 2 rings (SSSR count). The first kappa shape index (κ1) is 17.1. The van der Waals surface area contributed by atoms with Crippen molar-refractivity contribution in [2.45, 2.75) is 24.3 Å². The van der Waals surface area contributed by atoms with Gasteiger partial charge in [0.1, 0.15) is 0 Å². The number of carbonyl (C=O) groups is 2. The summed E-state index contributed by atoms with van der Waals surface area (Å²) in [6.07, 6.45) is 0.753. The van der Waals surface area contributed by atoms with Gasteiger partial charge in [-0.25, -0.2) is 0 Å². The number of rotatable bonds is 7. The smallest absolute Gasteiger partial charge is 0.248 e. The van der Waals surface area contributed by atoms with Gasteiger partial charge in [0.2, 0.25) is 11.8 Å². The van der Waals surface area contributed by atoms with E-state index in [0.29, 0.717) is 11.3 Å². The van der Waals surface area contributed by atoms with Crippen LogP contribution in [0.3, 0.4) is 0 Å². The summed E-state index contributed by atoms with van der Waals surface area (Å²) in [6.45, 7) is 2.00. The second kappa shape index (κ2) is 8.39. The van der Waals surface area contributed by atoms with Crippen molar-refractivity contribution in [2.24, 2.45) is 5.73 Å². The zero-order valence-electron chi connectivity index (χ0n) is 13.0. The van der Waals surface area contributed by atoms with E-state index < -0.39 is 5.91 Å². The van der Waals surface area contributed by atoms with E-state index in [9.17, 15) is 9.59 Å². The molecule has 1 unspecified atom stereocenters. The van der Waals surface area contributed by atoms with Gasteiger partial charge in [0.15, 0.2) is 0 Å². The predicted molar refractivity (Wildman–Crippen MR) is 95.4 cm³/mol. The largest absolute Gasteiger partial charge is 0.366 e. The van der Waals surface area contributed by atoms with Crippen LogP contribution < -0.4 is 11.1 Å². The molecular formula is C18H20N2O2S. The van der Waals surface area contributed by atoms with Crippen LogP contribution in [0.4, 0.5) is 5.69 Å². The molecule has 4 nitrogen and oxygen atoms in total. The molecule has 0 saturated heterocycles. The number of thioether (sulfide) groups is 1. The van der Waals surface area contributed by atoms with Crippen molar-refractivity contribution in [2.75, 3.05) is 5.32 Å². The van der Waals surface area contributed by atoms with Crippen LogP contribution in [0.1, 0.15) is 29.3 Å². The molecule has 0 radical (unpaired) electrons. The number of carbonyl (C=O) groups excluding carboxylic acids is 2. The highest BCUT2D eigenvalue weighted by molar-refractivity contribution is 7.99. The summed E-state index contributed by atoms with van der Waals surface area (Å²) in [7, 11) is 0. The van der Waals surface area contributed by atoms with Crippen LogP contribution in [-0.2, 0) is 10.5 Å². The van der Waals surface area contributed by atoms with Gasteiger partial charge in [-0.1, -0.05) is 37.3 Å². The van der Waals surface area contributed by atoms with Crippen LogP contribution in [0.15, 0.2) is 54.6 Å². The van der Waals surface area contributed by atoms with Gasteiger partial charge in [0.05, 0.1) is 5.25 Å². The molecule has 2 amide bonds. The first-order valence-electron chi connectivity index (χ1n) is 7.46. The molecule has 3 N–H and O–H groups in total. The van der Waals surface area contributed by atoms with E-state index in [0.717, 1.165) is 12.2 Å². The van der Waals surface area contributed by atoms with Gasteiger partial charge in [0.25, 0.3) is 0 Å². The number of nitrogens with one attached hydrogen (secondary N) is 1. The van der Waals surface area contributed by atoms with E-state index >= 15 is 0 Å². The number of anilines is 1. The lowest BCUT2D eigenvalue weighted by Crippen LogP contribution is -2.24. The molecule has 0 aliphatic rings. The van der Waals surface area contributed by atoms with Crippen LogP contribution in [0.2, 0.25) is 0 Å². The fourth-order valence-electron chi connectivity index (χ4n) is 2.09. The molecule has 0 aliphatic heterocycles. The highest BCUT2D eigenvalue weighted by Gasteiger charge is 2.17. The highest BCUT2D eigenvalue weighted by atomic mass is 32.2. The third-order valence-corrected chi connectivity index (χ3v) is 4.84. The normalized spacial score (nSPS) is 11.7. The minimum Gasteiger partial charge on any atom is -0.366 e. The Morgan fingerprint density at radius 3 is 2.30 bits per heavy atom. The average Bonchev–Trinajstić information content (AvgIpc) is 2.57. The lowest BCUT2D eigenvalue weighted by Gasteiger charge is -2.15. The first-order chi connectivity index (χ1) is 11.1. The lowest BCUT2D eigenvalue weighted by molar-refractivity contribution is -0.115. The summed E-state index contributed by atoms with van der Waals surface area (Å²) in [5.74, 6) is 0.292. The van der Waals surface area contributed by atoms with Gasteiger partial charge >= 0.3 is 0 Å². The summed E-state index contributed by atoms with van der Waals surface area (Å²) in [4.78, 5) is 23.4. The SMILES string of the molecule is CCC(SCc1ccccc1)C(=O)Nc1ccc(C(N)=O)cc1. The molecule has 1 atom stereocenters. The number of hydrogen-bond donors (Lipinski definition) is 2. The van der Waals surface area contributed by atoms with E-state index in [-0.39, 0.29) is 11.2 Å². The molecule has 0 heterocycles. The molecule has 0 spiro atoms. The maximum absolute atomic E-state index is 12.4. The summed E-state index contributed by atoms with van der Waals surface area (Å²) >= 11 is 1.62.